The standard InChI is InChI=1S/C10H13NO2.C2H6/c1-6-5-9(11)7(2)4-8(6)10(12)13-3;1-2/h4-5H,11H2,1-3H3;1-2H3. The van der Waals surface area contributed by atoms with E-state index in [-0.39, 0.29) is 5.97 Å². The van der Waals surface area contributed by atoms with Gasteiger partial charge in [0.05, 0.1) is 12.7 Å². The lowest BCUT2D eigenvalue weighted by Crippen LogP contribution is -2.05. The number of nitrogens with two attached hydrogens (primary N) is 1. The van der Waals surface area contributed by atoms with Crippen molar-refractivity contribution in [1.29, 1.82) is 0 Å². The fourth-order valence-corrected chi connectivity index (χ4v) is 1.17. The Bertz CT molecular complexity index is 346. The van der Waals surface area contributed by atoms with Crippen LogP contribution >= 0.6 is 0 Å². The molecule has 1 rings (SSSR count). The smallest absolute Gasteiger partial charge is 0.338 e. The minimum absolute atomic E-state index is 0.319. The van der Waals surface area contributed by atoms with Crippen LogP contribution in [0.3, 0.4) is 0 Å². The molecule has 0 aliphatic heterocycles. The Balaban J connectivity index is 0.000000921. The first-order valence-electron chi connectivity index (χ1n) is 5.01. The minimum atomic E-state index is -0.319. The minimum Gasteiger partial charge on any atom is -0.465 e. The highest BCUT2D eigenvalue weighted by Gasteiger charge is 2.10. The molecule has 0 radical (unpaired) electrons. The molecule has 2 N–H and O–H groups in total. The molecular weight excluding hydrogens is 190 g/mol. The average molecular weight is 209 g/mol. The molecule has 84 valence electrons. The van der Waals surface area contributed by atoms with E-state index in [9.17, 15) is 4.79 Å². The molecule has 0 heterocycles. The third-order valence-corrected chi connectivity index (χ3v) is 2.02. The summed E-state index contributed by atoms with van der Waals surface area (Å²) in [4.78, 5) is 11.2. The number of rotatable bonds is 1. The normalized spacial score (nSPS) is 8.87. The summed E-state index contributed by atoms with van der Waals surface area (Å²) in [6.07, 6.45) is 0. The van der Waals surface area contributed by atoms with Gasteiger partial charge >= 0.3 is 5.97 Å². The number of methoxy groups -OCH3 is 1. The van der Waals surface area contributed by atoms with E-state index in [2.05, 4.69) is 4.74 Å². The van der Waals surface area contributed by atoms with Crippen LogP contribution in [0.1, 0.15) is 35.3 Å². The first kappa shape index (κ1) is 13.5. The molecule has 0 unspecified atom stereocenters. The van der Waals surface area contributed by atoms with Crippen LogP contribution in [0.25, 0.3) is 0 Å². The van der Waals surface area contributed by atoms with Crippen molar-refractivity contribution in [1.82, 2.24) is 0 Å². The maximum Gasteiger partial charge on any atom is 0.338 e. The number of anilines is 1. The Labute approximate surface area is 91.2 Å². The van der Waals surface area contributed by atoms with Gasteiger partial charge < -0.3 is 10.5 Å². The quantitative estimate of drug-likeness (QED) is 0.571. The second kappa shape index (κ2) is 6.06. The zero-order valence-corrected chi connectivity index (χ0v) is 10.0. The van der Waals surface area contributed by atoms with E-state index in [0.29, 0.717) is 11.3 Å². The molecular formula is C12H19NO2. The molecule has 0 aliphatic rings. The summed E-state index contributed by atoms with van der Waals surface area (Å²) in [5.41, 5.74) is 8.69. The molecule has 1 aromatic carbocycles. The predicted octanol–water partition coefficient (Wildman–Crippen LogP) is 2.70. The number of esters is 1. The molecule has 0 atom stereocenters. The lowest BCUT2D eigenvalue weighted by atomic mass is 10.0. The van der Waals surface area contributed by atoms with Gasteiger partial charge in [0.2, 0.25) is 0 Å². The van der Waals surface area contributed by atoms with Gasteiger partial charge in [-0.15, -0.1) is 0 Å². The lowest BCUT2D eigenvalue weighted by Gasteiger charge is -2.07. The van der Waals surface area contributed by atoms with Gasteiger partial charge in [0.1, 0.15) is 0 Å². The van der Waals surface area contributed by atoms with Crippen LogP contribution < -0.4 is 5.73 Å². The summed E-state index contributed by atoms with van der Waals surface area (Å²) in [6.45, 7) is 7.70. The highest BCUT2D eigenvalue weighted by Crippen LogP contribution is 2.18. The lowest BCUT2D eigenvalue weighted by molar-refractivity contribution is 0.0600. The van der Waals surface area contributed by atoms with Crippen LogP contribution in [0.4, 0.5) is 5.69 Å². The van der Waals surface area contributed by atoms with Crippen LogP contribution in [0.5, 0.6) is 0 Å². The second-order valence-electron chi connectivity index (χ2n) is 3.02. The topological polar surface area (TPSA) is 52.3 Å². The first-order valence-corrected chi connectivity index (χ1v) is 5.01. The van der Waals surface area contributed by atoms with Gasteiger partial charge in [0, 0.05) is 5.69 Å². The van der Waals surface area contributed by atoms with Gasteiger partial charge in [0.25, 0.3) is 0 Å². The molecule has 0 fully saturated rings. The van der Waals surface area contributed by atoms with Crippen molar-refractivity contribution in [2.45, 2.75) is 27.7 Å². The van der Waals surface area contributed by atoms with Crippen LogP contribution in [0.2, 0.25) is 0 Å². The highest BCUT2D eigenvalue weighted by molar-refractivity contribution is 5.91. The molecule has 0 amide bonds. The fraction of sp³-hybridized carbons (Fsp3) is 0.417. The van der Waals surface area contributed by atoms with Gasteiger partial charge in [-0.3, -0.25) is 0 Å². The van der Waals surface area contributed by atoms with Crippen molar-refractivity contribution < 1.29 is 9.53 Å². The number of hydrogen-bond acceptors (Lipinski definition) is 3. The molecule has 0 saturated carbocycles. The largest absolute Gasteiger partial charge is 0.465 e. The van der Waals surface area contributed by atoms with Crippen molar-refractivity contribution in [3.8, 4) is 0 Å². The van der Waals surface area contributed by atoms with Gasteiger partial charge in [-0.25, -0.2) is 4.79 Å². The Morgan fingerprint density at radius 1 is 1.20 bits per heavy atom. The maximum atomic E-state index is 11.2. The number of carbonyl (C=O) groups is 1. The number of carbonyl (C=O) groups excluding carboxylic acids is 1. The third-order valence-electron chi connectivity index (χ3n) is 2.02. The van der Waals surface area contributed by atoms with Crippen LogP contribution in [0, 0.1) is 13.8 Å². The molecule has 1 aromatic rings. The van der Waals surface area contributed by atoms with Crippen molar-refractivity contribution in [2.75, 3.05) is 12.8 Å². The summed E-state index contributed by atoms with van der Waals surface area (Å²) in [7, 11) is 1.37. The summed E-state index contributed by atoms with van der Waals surface area (Å²) in [6, 6.07) is 3.53. The van der Waals surface area contributed by atoms with Gasteiger partial charge in [-0.2, -0.15) is 0 Å². The predicted molar refractivity (Wildman–Crippen MR) is 63.0 cm³/mol. The van der Waals surface area contributed by atoms with E-state index in [1.54, 1.807) is 12.1 Å². The number of ether oxygens (including phenoxy) is 1. The van der Waals surface area contributed by atoms with Crippen LogP contribution in [0.15, 0.2) is 12.1 Å². The first-order chi connectivity index (χ1) is 7.06. The second-order valence-corrected chi connectivity index (χ2v) is 3.02. The fourth-order valence-electron chi connectivity index (χ4n) is 1.17. The van der Waals surface area contributed by atoms with Crippen LogP contribution in [-0.2, 0) is 4.74 Å². The van der Waals surface area contributed by atoms with Crippen LogP contribution in [-0.4, -0.2) is 13.1 Å². The van der Waals surface area contributed by atoms with Crippen molar-refractivity contribution in [2.24, 2.45) is 0 Å². The zero-order valence-electron chi connectivity index (χ0n) is 10.0. The molecule has 0 bridgehead atoms. The monoisotopic (exact) mass is 209 g/mol. The maximum absolute atomic E-state index is 11.2. The van der Waals surface area contributed by atoms with E-state index in [1.165, 1.54) is 7.11 Å². The highest BCUT2D eigenvalue weighted by atomic mass is 16.5. The number of benzene rings is 1. The molecule has 3 heteroatoms. The van der Waals surface area contributed by atoms with E-state index < -0.39 is 0 Å². The summed E-state index contributed by atoms with van der Waals surface area (Å²) in [5.74, 6) is -0.319. The Morgan fingerprint density at radius 3 is 2.20 bits per heavy atom. The van der Waals surface area contributed by atoms with E-state index in [1.807, 2.05) is 27.7 Å². The van der Waals surface area contributed by atoms with Gasteiger partial charge in [0.15, 0.2) is 0 Å². The van der Waals surface area contributed by atoms with E-state index in [4.69, 9.17) is 5.73 Å². The Morgan fingerprint density at radius 2 is 1.73 bits per heavy atom. The molecule has 15 heavy (non-hydrogen) atoms. The summed E-state index contributed by atoms with van der Waals surface area (Å²) in [5, 5.41) is 0. The SMILES string of the molecule is CC.COC(=O)c1cc(C)c(N)cc1C. The third kappa shape index (κ3) is 3.27. The van der Waals surface area contributed by atoms with Gasteiger partial charge in [-0.1, -0.05) is 13.8 Å². The molecule has 0 spiro atoms. The molecule has 0 aromatic heterocycles. The van der Waals surface area contributed by atoms with E-state index in [0.717, 1.165) is 11.1 Å². The van der Waals surface area contributed by atoms with Crippen molar-refractivity contribution in [3.63, 3.8) is 0 Å². The molecule has 3 nitrogen and oxygen atoms in total. The Kier molecular flexibility index (Phi) is 5.45. The Hall–Kier alpha value is -1.51. The van der Waals surface area contributed by atoms with E-state index >= 15 is 0 Å². The number of aryl methyl sites for hydroxylation is 2. The van der Waals surface area contributed by atoms with Crippen molar-refractivity contribution >= 4 is 11.7 Å². The molecule has 0 saturated heterocycles. The van der Waals surface area contributed by atoms with Gasteiger partial charge in [-0.05, 0) is 37.1 Å². The zero-order chi connectivity index (χ0) is 12.0. The summed E-state index contributed by atoms with van der Waals surface area (Å²) >= 11 is 0. The number of nitrogen functional groups attached to an aromatic ring is 1. The molecule has 0 aliphatic carbocycles. The summed E-state index contributed by atoms with van der Waals surface area (Å²) < 4.78 is 4.63. The average Bonchev–Trinajstić information content (AvgIpc) is 2.25. The number of hydrogen-bond donors (Lipinski definition) is 1. The van der Waals surface area contributed by atoms with Crippen molar-refractivity contribution in [3.05, 3.63) is 28.8 Å².